The number of rotatable bonds is 1. The Kier molecular flexibility index (Phi) is 2.78. The molecule has 0 spiro atoms. The van der Waals surface area contributed by atoms with Crippen molar-refractivity contribution in [2.75, 3.05) is 13.1 Å². The Balaban J connectivity index is 1.86. The summed E-state index contributed by atoms with van der Waals surface area (Å²) in [4.78, 5) is 0. The van der Waals surface area contributed by atoms with E-state index in [0.717, 1.165) is 25.9 Å². The number of para-hydroxylation sites is 1. The van der Waals surface area contributed by atoms with Crippen LogP contribution < -0.4 is 5.32 Å². The minimum absolute atomic E-state index is 1.05. The zero-order valence-corrected chi connectivity index (χ0v) is 9.89. The molecular formula is C15H17N2+. The maximum atomic E-state index is 3.21. The molecule has 2 aliphatic heterocycles. The van der Waals surface area contributed by atoms with E-state index in [2.05, 4.69) is 52.5 Å². The fourth-order valence-corrected chi connectivity index (χ4v) is 2.39. The summed E-state index contributed by atoms with van der Waals surface area (Å²) < 4.78 is 2.35. The molecule has 17 heavy (non-hydrogen) atoms. The van der Waals surface area contributed by atoms with Gasteiger partial charge in [-0.1, -0.05) is 18.2 Å². The molecular weight excluding hydrogens is 208 g/mol. The fourth-order valence-electron chi connectivity index (χ4n) is 2.39. The van der Waals surface area contributed by atoms with Crippen molar-refractivity contribution in [1.29, 1.82) is 0 Å². The van der Waals surface area contributed by atoms with Gasteiger partial charge in [-0.05, 0) is 24.3 Å². The zero-order chi connectivity index (χ0) is 11.5. The molecule has 2 heteroatoms. The van der Waals surface area contributed by atoms with Crippen LogP contribution in [0.25, 0.3) is 0 Å². The zero-order valence-electron chi connectivity index (χ0n) is 9.89. The van der Waals surface area contributed by atoms with Crippen LogP contribution in [0, 0.1) is 0 Å². The number of allylic oxidation sites excluding steroid dienone is 2. The van der Waals surface area contributed by atoms with Crippen molar-refractivity contribution in [3.63, 3.8) is 0 Å². The van der Waals surface area contributed by atoms with E-state index < -0.39 is 0 Å². The van der Waals surface area contributed by atoms with E-state index in [1.165, 1.54) is 16.8 Å². The quantitative estimate of drug-likeness (QED) is 0.725. The van der Waals surface area contributed by atoms with Crippen LogP contribution in [0.2, 0.25) is 0 Å². The van der Waals surface area contributed by atoms with Crippen LogP contribution in [0.15, 0.2) is 48.2 Å². The van der Waals surface area contributed by atoms with Gasteiger partial charge in [0, 0.05) is 30.7 Å². The Hall–Kier alpha value is -1.83. The van der Waals surface area contributed by atoms with Crippen molar-refractivity contribution in [3.8, 4) is 0 Å². The van der Waals surface area contributed by atoms with Gasteiger partial charge in [0.1, 0.15) is 0 Å². The molecule has 0 aromatic heterocycles. The van der Waals surface area contributed by atoms with Crippen LogP contribution in [-0.4, -0.2) is 23.9 Å². The predicted octanol–water partition coefficient (Wildman–Crippen LogP) is 2.39. The molecule has 0 radical (unpaired) electrons. The van der Waals surface area contributed by atoms with E-state index in [9.17, 15) is 0 Å². The number of nitrogens with one attached hydrogen (secondary N) is 1. The van der Waals surface area contributed by atoms with E-state index in [-0.39, 0.29) is 0 Å². The molecule has 0 amide bonds. The maximum Gasteiger partial charge on any atom is 0.208 e. The third-order valence-electron chi connectivity index (χ3n) is 3.36. The second-order valence-electron chi connectivity index (χ2n) is 4.50. The first-order valence-electron chi connectivity index (χ1n) is 6.22. The third-order valence-corrected chi connectivity index (χ3v) is 3.36. The van der Waals surface area contributed by atoms with Crippen LogP contribution in [0.4, 0.5) is 5.69 Å². The molecule has 0 bridgehead atoms. The van der Waals surface area contributed by atoms with Crippen molar-refractivity contribution in [2.24, 2.45) is 0 Å². The van der Waals surface area contributed by atoms with Gasteiger partial charge in [0.25, 0.3) is 0 Å². The minimum Gasteiger partial charge on any atom is -0.391 e. The second-order valence-corrected chi connectivity index (χ2v) is 4.50. The van der Waals surface area contributed by atoms with Crippen LogP contribution in [0.3, 0.4) is 0 Å². The van der Waals surface area contributed by atoms with E-state index in [4.69, 9.17) is 0 Å². The Bertz CT molecular complexity index is 509. The van der Waals surface area contributed by atoms with Gasteiger partial charge >= 0.3 is 0 Å². The first-order chi connectivity index (χ1) is 8.43. The van der Waals surface area contributed by atoms with Crippen molar-refractivity contribution in [2.45, 2.75) is 12.8 Å². The Morgan fingerprint density at radius 2 is 2.12 bits per heavy atom. The molecule has 2 heterocycles. The highest BCUT2D eigenvalue weighted by molar-refractivity contribution is 5.70. The fraction of sp³-hybridized carbons (Fsp3) is 0.267. The van der Waals surface area contributed by atoms with E-state index in [1.54, 1.807) is 0 Å². The molecule has 0 aliphatic carbocycles. The molecule has 1 aromatic rings. The van der Waals surface area contributed by atoms with Gasteiger partial charge in [0.05, 0.1) is 0 Å². The van der Waals surface area contributed by atoms with Gasteiger partial charge < -0.3 is 5.32 Å². The molecule has 0 saturated heterocycles. The predicted molar refractivity (Wildman–Crippen MR) is 70.8 cm³/mol. The lowest BCUT2D eigenvalue weighted by atomic mass is 10.1. The lowest BCUT2D eigenvalue weighted by Crippen LogP contribution is -2.12. The van der Waals surface area contributed by atoms with Crippen LogP contribution >= 0.6 is 0 Å². The number of benzene rings is 1. The van der Waals surface area contributed by atoms with Crippen LogP contribution in [0.5, 0.6) is 0 Å². The summed E-state index contributed by atoms with van der Waals surface area (Å²) in [5, 5.41) is 3.21. The van der Waals surface area contributed by atoms with Crippen molar-refractivity contribution in [3.05, 3.63) is 53.8 Å². The van der Waals surface area contributed by atoms with E-state index >= 15 is 0 Å². The average Bonchev–Trinajstić information content (AvgIpc) is 2.81. The monoisotopic (exact) mass is 225 g/mol. The first kappa shape index (κ1) is 10.3. The van der Waals surface area contributed by atoms with Crippen LogP contribution in [0.1, 0.15) is 12.0 Å². The number of hydrogen-bond donors (Lipinski definition) is 1. The summed E-state index contributed by atoms with van der Waals surface area (Å²) in [6, 6.07) is 8.66. The van der Waals surface area contributed by atoms with Crippen molar-refractivity contribution in [1.82, 2.24) is 5.32 Å². The summed E-state index contributed by atoms with van der Waals surface area (Å²) in [7, 11) is 0. The molecule has 86 valence electrons. The Morgan fingerprint density at radius 3 is 3.00 bits per heavy atom. The number of nitrogens with zero attached hydrogens (tertiary/aromatic N) is 1. The van der Waals surface area contributed by atoms with Gasteiger partial charge in [-0.15, -0.1) is 0 Å². The molecule has 0 atom stereocenters. The molecule has 1 N–H and O–H groups in total. The number of fused-ring (bicyclic) bond motifs is 1. The minimum atomic E-state index is 1.05. The van der Waals surface area contributed by atoms with Gasteiger partial charge in [-0.25, -0.2) is 0 Å². The highest BCUT2D eigenvalue weighted by Gasteiger charge is 2.21. The first-order valence-corrected chi connectivity index (χ1v) is 6.22. The molecule has 2 nitrogen and oxygen atoms in total. The molecule has 3 rings (SSSR count). The maximum absolute atomic E-state index is 3.21. The van der Waals surface area contributed by atoms with Crippen molar-refractivity contribution >= 4 is 11.9 Å². The van der Waals surface area contributed by atoms with Gasteiger partial charge in [0.2, 0.25) is 5.69 Å². The lowest BCUT2D eigenvalue weighted by Gasteiger charge is -2.07. The van der Waals surface area contributed by atoms with Gasteiger partial charge in [0.15, 0.2) is 12.8 Å². The smallest absolute Gasteiger partial charge is 0.208 e. The topological polar surface area (TPSA) is 15.0 Å². The highest BCUT2D eigenvalue weighted by Crippen LogP contribution is 2.24. The standard InChI is InChI=1S/C15H16N2/c1-2-4-15-14(3-1)8-12-17(15)11-7-13-5-9-16-10-6-13/h1-5,7,9,11H,6,8,10,12H2/p+1. The lowest BCUT2D eigenvalue weighted by molar-refractivity contribution is -0.423. The van der Waals surface area contributed by atoms with Crippen molar-refractivity contribution < 1.29 is 4.58 Å². The van der Waals surface area contributed by atoms with E-state index in [1.807, 2.05) is 6.20 Å². The van der Waals surface area contributed by atoms with Crippen LogP contribution in [-0.2, 0) is 6.42 Å². The Morgan fingerprint density at radius 1 is 1.18 bits per heavy atom. The SMILES string of the molecule is C1=CC(=CC=[N+]2CCc3ccccc32)CCN1. The highest BCUT2D eigenvalue weighted by atomic mass is 15.0. The second kappa shape index (κ2) is 4.58. The largest absolute Gasteiger partial charge is 0.391 e. The molecule has 0 unspecified atom stereocenters. The summed E-state index contributed by atoms with van der Waals surface area (Å²) in [6.45, 7) is 2.15. The Labute approximate surface area is 102 Å². The van der Waals surface area contributed by atoms with Gasteiger partial charge in [-0.2, -0.15) is 4.58 Å². The summed E-state index contributed by atoms with van der Waals surface area (Å²) in [5.41, 5.74) is 4.22. The molecule has 2 aliphatic rings. The third kappa shape index (κ3) is 2.16. The summed E-state index contributed by atoms with van der Waals surface area (Å²) >= 11 is 0. The van der Waals surface area contributed by atoms with E-state index in [0.29, 0.717) is 0 Å². The number of hydrogen-bond acceptors (Lipinski definition) is 1. The van der Waals surface area contributed by atoms with Gasteiger partial charge in [-0.3, -0.25) is 0 Å². The molecule has 0 fully saturated rings. The summed E-state index contributed by atoms with van der Waals surface area (Å²) in [6.07, 6.45) is 10.9. The normalized spacial score (nSPS) is 22.8. The molecule has 0 saturated carbocycles. The molecule has 1 aromatic carbocycles. The average molecular weight is 225 g/mol. The summed E-state index contributed by atoms with van der Waals surface area (Å²) in [5.74, 6) is 0.